The highest BCUT2D eigenvalue weighted by atomic mass is 16.5. The van der Waals surface area contributed by atoms with Crippen LogP contribution in [0.1, 0.15) is 24.5 Å². The van der Waals surface area contributed by atoms with Crippen molar-refractivity contribution in [1.82, 2.24) is 20.1 Å². The van der Waals surface area contributed by atoms with Gasteiger partial charge < -0.3 is 29.4 Å². The number of aryl methyl sites for hydroxylation is 1. The van der Waals surface area contributed by atoms with Crippen molar-refractivity contribution in [3.8, 4) is 5.75 Å². The molecule has 0 aliphatic carbocycles. The van der Waals surface area contributed by atoms with Crippen molar-refractivity contribution in [3.63, 3.8) is 0 Å². The predicted octanol–water partition coefficient (Wildman–Crippen LogP) is 2.13. The highest BCUT2D eigenvalue weighted by molar-refractivity contribution is 5.93. The maximum absolute atomic E-state index is 5.77. The van der Waals surface area contributed by atoms with E-state index in [1.807, 2.05) is 42.8 Å². The molecule has 2 N–H and O–H groups in total. The number of anilines is 1. The number of aromatic nitrogens is 3. The standard InChI is InChI=1S/C20H32N6O3/c1-16-24-25-19(26(16)2)15-22-20(21-10-6-11-27-3)23-17-8-5-9-18(14-17)29-13-7-12-28-4/h5,8-9,14H,6-7,10-13,15H2,1-4H3,(H2,21,22,23). The Kier molecular flexibility index (Phi) is 9.94. The lowest BCUT2D eigenvalue weighted by atomic mass is 10.3. The summed E-state index contributed by atoms with van der Waals surface area (Å²) in [6, 6.07) is 7.80. The Balaban J connectivity index is 2.02. The quantitative estimate of drug-likeness (QED) is 0.318. The first-order chi connectivity index (χ1) is 14.1. The number of nitrogens with zero attached hydrogens (tertiary/aromatic N) is 4. The maximum Gasteiger partial charge on any atom is 0.196 e. The summed E-state index contributed by atoms with van der Waals surface area (Å²) in [5.74, 6) is 3.12. The van der Waals surface area contributed by atoms with Gasteiger partial charge in [0.2, 0.25) is 0 Å². The van der Waals surface area contributed by atoms with E-state index in [1.165, 1.54) is 0 Å². The summed E-state index contributed by atoms with van der Waals surface area (Å²) in [5.41, 5.74) is 0.890. The Labute approximate surface area is 172 Å². The lowest BCUT2D eigenvalue weighted by Crippen LogP contribution is -2.32. The Morgan fingerprint density at radius 2 is 1.90 bits per heavy atom. The first-order valence-corrected chi connectivity index (χ1v) is 9.75. The first-order valence-electron chi connectivity index (χ1n) is 9.75. The molecule has 1 aromatic carbocycles. The van der Waals surface area contributed by atoms with Gasteiger partial charge in [0.05, 0.1) is 6.61 Å². The number of benzene rings is 1. The number of nitrogens with one attached hydrogen (secondary N) is 2. The molecule has 1 heterocycles. The summed E-state index contributed by atoms with van der Waals surface area (Å²) in [6.45, 7) is 5.06. The van der Waals surface area contributed by atoms with E-state index in [0.29, 0.717) is 32.3 Å². The summed E-state index contributed by atoms with van der Waals surface area (Å²) in [4.78, 5) is 4.65. The molecule has 0 radical (unpaired) electrons. The molecule has 0 aliphatic heterocycles. The van der Waals surface area contributed by atoms with Crippen LogP contribution in [0.25, 0.3) is 0 Å². The lowest BCUT2D eigenvalue weighted by molar-refractivity contribution is 0.172. The minimum atomic E-state index is 0.421. The van der Waals surface area contributed by atoms with Gasteiger partial charge in [-0.05, 0) is 25.5 Å². The highest BCUT2D eigenvalue weighted by Crippen LogP contribution is 2.17. The van der Waals surface area contributed by atoms with Crippen molar-refractivity contribution >= 4 is 11.6 Å². The van der Waals surface area contributed by atoms with E-state index in [2.05, 4.69) is 25.8 Å². The number of rotatable bonds is 12. The van der Waals surface area contributed by atoms with Crippen molar-refractivity contribution in [3.05, 3.63) is 35.9 Å². The molecule has 1 aromatic heterocycles. The van der Waals surface area contributed by atoms with Crippen molar-refractivity contribution in [2.24, 2.45) is 12.0 Å². The Hall–Kier alpha value is -2.65. The van der Waals surface area contributed by atoms with Gasteiger partial charge >= 0.3 is 0 Å². The first kappa shape index (κ1) is 22.6. The topological polar surface area (TPSA) is 94.8 Å². The second-order valence-corrected chi connectivity index (χ2v) is 6.51. The third kappa shape index (κ3) is 8.08. The molecule has 0 unspecified atom stereocenters. The Morgan fingerprint density at radius 1 is 1.10 bits per heavy atom. The minimum Gasteiger partial charge on any atom is -0.493 e. The molecule has 0 saturated heterocycles. The fourth-order valence-electron chi connectivity index (χ4n) is 2.50. The van der Waals surface area contributed by atoms with Gasteiger partial charge in [-0.2, -0.15) is 0 Å². The van der Waals surface area contributed by atoms with Crippen LogP contribution < -0.4 is 15.4 Å². The van der Waals surface area contributed by atoms with Gasteiger partial charge in [-0.25, -0.2) is 4.99 Å². The van der Waals surface area contributed by atoms with Crippen LogP contribution in [0.2, 0.25) is 0 Å². The summed E-state index contributed by atoms with van der Waals surface area (Å²) in [7, 11) is 5.32. The number of hydrogen-bond acceptors (Lipinski definition) is 6. The number of ether oxygens (including phenoxy) is 3. The summed E-state index contributed by atoms with van der Waals surface area (Å²) in [6.07, 6.45) is 1.72. The zero-order valence-corrected chi connectivity index (χ0v) is 17.8. The van der Waals surface area contributed by atoms with Crippen molar-refractivity contribution in [2.45, 2.75) is 26.3 Å². The van der Waals surface area contributed by atoms with Crippen LogP contribution in [0.4, 0.5) is 5.69 Å². The summed E-state index contributed by atoms with van der Waals surface area (Å²) in [5, 5.41) is 14.9. The van der Waals surface area contributed by atoms with Gasteiger partial charge in [0.1, 0.15) is 18.1 Å². The molecule has 0 saturated carbocycles. The SMILES string of the molecule is COCCCNC(=NCc1nnc(C)n1C)Nc1cccc(OCCCOC)c1. The molecule has 29 heavy (non-hydrogen) atoms. The van der Waals surface area contributed by atoms with Gasteiger partial charge in [0, 0.05) is 59.2 Å². The van der Waals surface area contributed by atoms with Crippen LogP contribution in [-0.4, -0.2) is 61.3 Å². The van der Waals surface area contributed by atoms with E-state index >= 15 is 0 Å². The molecule has 160 valence electrons. The number of hydrogen-bond donors (Lipinski definition) is 2. The minimum absolute atomic E-state index is 0.421. The average molecular weight is 405 g/mol. The van der Waals surface area contributed by atoms with Gasteiger partial charge in [-0.3, -0.25) is 0 Å². The van der Waals surface area contributed by atoms with Crippen LogP contribution in [0.15, 0.2) is 29.3 Å². The average Bonchev–Trinajstić information content (AvgIpc) is 3.05. The molecular formula is C20H32N6O3. The molecule has 9 nitrogen and oxygen atoms in total. The fourth-order valence-corrected chi connectivity index (χ4v) is 2.50. The maximum atomic E-state index is 5.77. The van der Waals surface area contributed by atoms with Crippen molar-refractivity contribution < 1.29 is 14.2 Å². The van der Waals surface area contributed by atoms with Crippen molar-refractivity contribution in [1.29, 1.82) is 0 Å². The van der Waals surface area contributed by atoms with Crippen molar-refractivity contribution in [2.75, 3.05) is 45.9 Å². The third-order valence-electron chi connectivity index (χ3n) is 4.24. The van der Waals surface area contributed by atoms with Gasteiger partial charge in [-0.15, -0.1) is 10.2 Å². The Bertz CT molecular complexity index is 762. The fraction of sp³-hybridized carbons (Fsp3) is 0.550. The molecule has 9 heteroatoms. The molecule has 0 fully saturated rings. The molecule has 2 aromatic rings. The van der Waals surface area contributed by atoms with Gasteiger partial charge in [0.25, 0.3) is 0 Å². The van der Waals surface area contributed by atoms with Gasteiger partial charge in [-0.1, -0.05) is 6.07 Å². The van der Waals surface area contributed by atoms with E-state index in [0.717, 1.165) is 42.5 Å². The highest BCUT2D eigenvalue weighted by Gasteiger charge is 2.06. The van der Waals surface area contributed by atoms with Crippen LogP contribution >= 0.6 is 0 Å². The zero-order valence-electron chi connectivity index (χ0n) is 17.8. The van der Waals surface area contributed by atoms with E-state index in [1.54, 1.807) is 14.2 Å². The largest absolute Gasteiger partial charge is 0.493 e. The van der Waals surface area contributed by atoms with E-state index in [4.69, 9.17) is 14.2 Å². The van der Waals surface area contributed by atoms with Crippen LogP contribution in [0.5, 0.6) is 5.75 Å². The van der Waals surface area contributed by atoms with E-state index in [9.17, 15) is 0 Å². The van der Waals surface area contributed by atoms with E-state index < -0.39 is 0 Å². The third-order valence-corrected chi connectivity index (χ3v) is 4.24. The molecule has 0 bridgehead atoms. The summed E-state index contributed by atoms with van der Waals surface area (Å²) < 4.78 is 17.9. The molecule has 0 aliphatic rings. The van der Waals surface area contributed by atoms with Crippen LogP contribution in [0.3, 0.4) is 0 Å². The van der Waals surface area contributed by atoms with Crippen LogP contribution in [-0.2, 0) is 23.1 Å². The van der Waals surface area contributed by atoms with Gasteiger partial charge in [0.15, 0.2) is 11.8 Å². The number of guanidine groups is 1. The smallest absolute Gasteiger partial charge is 0.196 e. The second kappa shape index (κ2) is 12.7. The van der Waals surface area contributed by atoms with E-state index in [-0.39, 0.29) is 0 Å². The normalized spacial score (nSPS) is 11.5. The molecule has 0 spiro atoms. The lowest BCUT2D eigenvalue weighted by Gasteiger charge is -2.14. The second-order valence-electron chi connectivity index (χ2n) is 6.51. The predicted molar refractivity (Wildman–Crippen MR) is 113 cm³/mol. The zero-order chi connectivity index (χ0) is 20.9. The Morgan fingerprint density at radius 3 is 2.62 bits per heavy atom. The molecule has 0 atom stereocenters. The number of aliphatic imine (C=N–C) groups is 1. The number of methoxy groups -OCH3 is 2. The monoisotopic (exact) mass is 404 g/mol. The molecular weight excluding hydrogens is 372 g/mol. The molecule has 2 rings (SSSR count). The summed E-state index contributed by atoms with van der Waals surface area (Å²) >= 11 is 0. The molecule has 0 amide bonds. The van der Waals surface area contributed by atoms with Crippen LogP contribution in [0, 0.1) is 6.92 Å².